The molecule has 132 valence electrons. The topological polar surface area (TPSA) is 51.9 Å². The van der Waals surface area contributed by atoms with E-state index in [1.54, 1.807) is 12.5 Å². The van der Waals surface area contributed by atoms with Gasteiger partial charge in [0.15, 0.2) is 0 Å². The average molecular weight is 338 g/mol. The number of nitrogens with one attached hydrogen (secondary N) is 1. The van der Waals surface area contributed by atoms with Gasteiger partial charge < -0.3 is 14.5 Å². The number of hydrogen-bond donors (Lipinski definition) is 1. The Balaban J connectivity index is 1.81. The third-order valence-electron chi connectivity index (χ3n) is 4.68. The SMILES string of the molecule is CCn1ccc2cc(C(=O)N[C@H](Cn3ccnc3)C(C)(C)C)ccc21. The smallest absolute Gasteiger partial charge is 0.251 e. The Morgan fingerprint density at radius 1 is 1.24 bits per heavy atom. The van der Waals surface area contributed by atoms with Gasteiger partial charge in [0.2, 0.25) is 0 Å². The van der Waals surface area contributed by atoms with Crippen LogP contribution < -0.4 is 5.32 Å². The van der Waals surface area contributed by atoms with E-state index in [1.165, 1.54) is 0 Å². The number of carbonyl (C=O) groups is 1. The average Bonchev–Trinajstić information content (AvgIpc) is 3.21. The predicted molar refractivity (Wildman–Crippen MR) is 101 cm³/mol. The van der Waals surface area contributed by atoms with Crippen molar-refractivity contribution in [3.8, 4) is 0 Å². The zero-order chi connectivity index (χ0) is 18.0. The Morgan fingerprint density at radius 3 is 2.68 bits per heavy atom. The third-order valence-corrected chi connectivity index (χ3v) is 4.68. The fraction of sp³-hybridized carbons (Fsp3) is 0.400. The number of benzene rings is 1. The van der Waals surface area contributed by atoms with Crippen LogP contribution in [0.15, 0.2) is 49.2 Å². The molecule has 1 atom stereocenters. The van der Waals surface area contributed by atoms with E-state index in [0.29, 0.717) is 12.1 Å². The van der Waals surface area contributed by atoms with Gasteiger partial charge >= 0.3 is 0 Å². The lowest BCUT2D eigenvalue weighted by atomic mass is 9.86. The highest BCUT2D eigenvalue weighted by Crippen LogP contribution is 2.22. The highest BCUT2D eigenvalue weighted by molar-refractivity contribution is 5.98. The van der Waals surface area contributed by atoms with Crippen LogP contribution in [-0.2, 0) is 13.1 Å². The second-order valence-electron chi connectivity index (χ2n) is 7.53. The summed E-state index contributed by atoms with van der Waals surface area (Å²) in [5.41, 5.74) is 1.79. The van der Waals surface area contributed by atoms with Crippen LogP contribution in [0.2, 0.25) is 0 Å². The zero-order valence-electron chi connectivity index (χ0n) is 15.4. The van der Waals surface area contributed by atoms with Crippen molar-refractivity contribution < 1.29 is 4.79 Å². The number of aryl methyl sites for hydroxylation is 1. The molecule has 3 aromatic rings. The lowest BCUT2D eigenvalue weighted by Crippen LogP contribution is -2.46. The second kappa shape index (κ2) is 6.75. The van der Waals surface area contributed by atoms with Crippen LogP contribution in [0.4, 0.5) is 0 Å². The third kappa shape index (κ3) is 3.76. The van der Waals surface area contributed by atoms with Gasteiger partial charge in [-0.15, -0.1) is 0 Å². The molecule has 0 radical (unpaired) electrons. The molecule has 3 rings (SSSR count). The quantitative estimate of drug-likeness (QED) is 0.771. The van der Waals surface area contributed by atoms with Gasteiger partial charge in [-0.1, -0.05) is 20.8 Å². The Labute approximate surface area is 148 Å². The van der Waals surface area contributed by atoms with E-state index >= 15 is 0 Å². The van der Waals surface area contributed by atoms with E-state index in [0.717, 1.165) is 17.4 Å². The number of fused-ring (bicyclic) bond motifs is 1. The van der Waals surface area contributed by atoms with Crippen molar-refractivity contribution in [1.82, 2.24) is 19.4 Å². The molecule has 5 nitrogen and oxygen atoms in total. The minimum absolute atomic E-state index is 0.00476. The maximum Gasteiger partial charge on any atom is 0.251 e. The van der Waals surface area contributed by atoms with Crippen LogP contribution in [0, 0.1) is 5.41 Å². The molecule has 1 aromatic carbocycles. The molecule has 0 aliphatic carbocycles. The molecule has 0 spiro atoms. The molecule has 0 unspecified atom stereocenters. The van der Waals surface area contributed by atoms with E-state index in [-0.39, 0.29) is 17.4 Å². The molecule has 25 heavy (non-hydrogen) atoms. The molecular formula is C20H26N4O. The number of nitrogens with zero attached hydrogens (tertiary/aromatic N) is 3. The Bertz CT molecular complexity index is 856. The van der Waals surface area contributed by atoms with E-state index in [9.17, 15) is 4.79 Å². The molecular weight excluding hydrogens is 312 g/mol. The molecule has 2 aromatic heterocycles. The first-order valence-electron chi connectivity index (χ1n) is 8.74. The Morgan fingerprint density at radius 2 is 2.04 bits per heavy atom. The van der Waals surface area contributed by atoms with Gasteiger partial charge in [0, 0.05) is 48.1 Å². The Kier molecular flexibility index (Phi) is 4.66. The van der Waals surface area contributed by atoms with Gasteiger partial charge in [-0.05, 0) is 36.6 Å². The summed E-state index contributed by atoms with van der Waals surface area (Å²) >= 11 is 0. The fourth-order valence-corrected chi connectivity index (χ4v) is 3.00. The van der Waals surface area contributed by atoms with Gasteiger partial charge in [0.1, 0.15) is 0 Å². The van der Waals surface area contributed by atoms with Crippen LogP contribution in [0.5, 0.6) is 0 Å². The normalized spacial score (nSPS) is 13.1. The van der Waals surface area contributed by atoms with Crippen LogP contribution in [0.25, 0.3) is 10.9 Å². The highest BCUT2D eigenvalue weighted by Gasteiger charge is 2.27. The number of hydrogen-bond acceptors (Lipinski definition) is 2. The minimum atomic E-state index is -0.0600. The monoisotopic (exact) mass is 338 g/mol. The standard InChI is InChI=1S/C20H26N4O/c1-5-24-10-8-15-12-16(6-7-17(15)24)19(25)22-18(20(2,3)4)13-23-11-9-21-14-23/h6-12,14,18H,5,13H2,1-4H3,(H,22,25)/t18-/m1/s1. The van der Waals surface area contributed by atoms with Crippen molar-refractivity contribution >= 4 is 16.8 Å². The first-order valence-corrected chi connectivity index (χ1v) is 8.74. The summed E-state index contributed by atoms with van der Waals surface area (Å²) < 4.78 is 4.18. The number of carbonyl (C=O) groups excluding carboxylic acids is 1. The van der Waals surface area contributed by atoms with Crippen LogP contribution in [-0.4, -0.2) is 26.1 Å². The number of aromatic nitrogens is 3. The molecule has 0 aliphatic rings. The molecule has 1 N–H and O–H groups in total. The van der Waals surface area contributed by atoms with E-state index in [2.05, 4.69) is 54.8 Å². The van der Waals surface area contributed by atoms with Gasteiger partial charge in [-0.2, -0.15) is 0 Å². The summed E-state index contributed by atoms with van der Waals surface area (Å²) in [7, 11) is 0. The molecule has 0 bridgehead atoms. The highest BCUT2D eigenvalue weighted by atomic mass is 16.1. The van der Waals surface area contributed by atoms with Gasteiger partial charge in [-0.3, -0.25) is 4.79 Å². The van der Waals surface area contributed by atoms with E-state index in [4.69, 9.17) is 0 Å². The first-order chi connectivity index (χ1) is 11.9. The largest absolute Gasteiger partial charge is 0.348 e. The first kappa shape index (κ1) is 17.3. The maximum atomic E-state index is 12.8. The van der Waals surface area contributed by atoms with Crippen molar-refractivity contribution in [1.29, 1.82) is 0 Å². The maximum absolute atomic E-state index is 12.8. The molecule has 0 fully saturated rings. The van der Waals surface area contributed by atoms with E-state index < -0.39 is 0 Å². The summed E-state index contributed by atoms with van der Waals surface area (Å²) in [6.07, 6.45) is 7.52. The number of imidazole rings is 1. The van der Waals surface area contributed by atoms with Crippen molar-refractivity contribution in [2.75, 3.05) is 0 Å². The van der Waals surface area contributed by atoms with E-state index in [1.807, 2.05) is 29.0 Å². The molecule has 1 amide bonds. The summed E-state index contributed by atoms with van der Waals surface area (Å²) in [5, 5.41) is 4.30. The van der Waals surface area contributed by atoms with Crippen molar-refractivity contribution in [3.63, 3.8) is 0 Å². The van der Waals surface area contributed by atoms with Crippen molar-refractivity contribution in [2.45, 2.75) is 46.8 Å². The summed E-state index contributed by atoms with van der Waals surface area (Å²) in [4.78, 5) is 16.9. The lowest BCUT2D eigenvalue weighted by Gasteiger charge is -2.31. The second-order valence-corrected chi connectivity index (χ2v) is 7.53. The zero-order valence-corrected chi connectivity index (χ0v) is 15.4. The fourth-order valence-electron chi connectivity index (χ4n) is 3.00. The van der Waals surface area contributed by atoms with Crippen LogP contribution in [0.1, 0.15) is 38.1 Å². The molecule has 0 saturated heterocycles. The lowest BCUT2D eigenvalue weighted by molar-refractivity contribution is 0.0892. The molecule has 0 aliphatic heterocycles. The van der Waals surface area contributed by atoms with Crippen molar-refractivity contribution in [2.24, 2.45) is 5.41 Å². The number of amides is 1. The van der Waals surface area contributed by atoms with Gasteiger partial charge in [0.05, 0.1) is 12.4 Å². The molecule has 5 heteroatoms. The summed E-state index contributed by atoms with van der Waals surface area (Å²) in [6.45, 7) is 10.2. The van der Waals surface area contributed by atoms with Crippen molar-refractivity contribution in [3.05, 3.63) is 54.7 Å². The number of rotatable bonds is 5. The summed E-state index contributed by atoms with van der Waals surface area (Å²) in [5.74, 6) is -0.0359. The van der Waals surface area contributed by atoms with Gasteiger partial charge in [0.25, 0.3) is 5.91 Å². The molecule has 2 heterocycles. The summed E-state index contributed by atoms with van der Waals surface area (Å²) in [6, 6.07) is 7.96. The predicted octanol–water partition coefficient (Wildman–Crippen LogP) is 3.70. The van der Waals surface area contributed by atoms with Crippen LogP contribution >= 0.6 is 0 Å². The minimum Gasteiger partial charge on any atom is -0.348 e. The van der Waals surface area contributed by atoms with Crippen LogP contribution in [0.3, 0.4) is 0 Å². The molecule has 0 saturated carbocycles. The van der Waals surface area contributed by atoms with Gasteiger partial charge in [-0.25, -0.2) is 4.98 Å². The Hall–Kier alpha value is -2.56.